The fraction of sp³-hybridized carbons (Fsp3) is 0.125. The third-order valence-electron chi connectivity index (χ3n) is 3.20. The molecule has 0 bridgehead atoms. The first kappa shape index (κ1) is 17.5. The van der Waals surface area contributed by atoms with Gasteiger partial charge in [-0.3, -0.25) is 9.78 Å². The topological polar surface area (TPSA) is 78.1 Å². The highest BCUT2D eigenvalue weighted by Gasteiger charge is 2.38. The first-order valence-electron chi connectivity index (χ1n) is 7.11. The predicted octanol–water partition coefficient (Wildman–Crippen LogP) is 3.55. The van der Waals surface area contributed by atoms with Crippen molar-refractivity contribution in [2.45, 2.75) is 6.18 Å². The Labute approximate surface area is 143 Å². The van der Waals surface area contributed by atoms with Crippen LogP contribution < -0.4 is 4.74 Å². The van der Waals surface area contributed by atoms with Gasteiger partial charge in [0.1, 0.15) is 11.6 Å². The van der Waals surface area contributed by atoms with Crippen LogP contribution in [0.3, 0.4) is 0 Å². The normalized spacial score (nSPS) is 11.4. The van der Waals surface area contributed by atoms with E-state index in [1.807, 2.05) is 0 Å². The van der Waals surface area contributed by atoms with Crippen molar-refractivity contribution in [2.24, 2.45) is 0 Å². The number of hydrogen-bond donors (Lipinski definition) is 0. The highest BCUT2D eigenvalue weighted by atomic mass is 19.4. The van der Waals surface area contributed by atoms with Gasteiger partial charge in [0.05, 0.1) is 11.8 Å². The van der Waals surface area contributed by atoms with E-state index in [9.17, 15) is 22.4 Å². The lowest BCUT2D eigenvalue weighted by Gasteiger charge is -2.06. The standard InChI is InChI=1S/C16H9F4N3O3/c17-12-6-9(14-22-15(26-23-14)16(18,19)20)3-4-11(12)13(24)8-25-10-2-1-5-21-7-10/h1-7H,8H2. The van der Waals surface area contributed by atoms with Crippen molar-refractivity contribution in [3.63, 3.8) is 0 Å². The Morgan fingerprint density at radius 3 is 2.65 bits per heavy atom. The number of Topliss-reactive ketones (excluding diaryl/α,β-unsaturated/α-hetero) is 1. The number of alkyl halides is 3. The Kier molecular flexibility index (Phi) is 4.65. The van der Waals surface area contributed by atoms with Gasteiger partial charge >= 0.3 is 12.1 Å². The molecule has 0 amide bonds. The Balaban J connectivity index is 1.75. The summed E-state index contributed by atoms with van der Waals surface area (Å²) in [5.74, 6) is -3.24. The molecule has 134 valence electrons. The van der Waals surface area contributed by atoms with E-state index in [2.05, 4.69) is 19.6 Å². The minimum atomic E-state index is -4.80. The van der Waals surface area contributed by atoms with Gasteiger partial charge in [0.15, 0.2) is 6.61 Å². The Morgan fingerprint density at radius 1 is 1.23 bits per heavy atom. The Bertz CT molecular complexity index is 926. The highest BCUT2D eigenvalue weighted by Crippen LogP contribution is 2.29. The number of carbonyl (C=O) groups excluding carboxylic acids is 1. The zero-order valence-corrected chi connectivity index (χ0v) is 12.8. The average molecular weight is 367 g/mol. The molecule has 0 aliphatic carbocycles. The van der Waals surface area contributed by atoms with Gasteiger partial charge in [-0.05, 0) is 24.3 Å². The molecule has 0 aliphatic heterocycles. The van der Waals surface area contributed by atoms with E-state index in [4.69, 9.17) is 4.74 Å². The van der Waals surface area contributed by atoms with Crippen LogP contribution in [0, 0.1) is 5.82 Å². The smallest absolute Gasteiger partial charge is 0.471 e. The largest absolute Gasteiger partial charge is 0.484 e. The van der Waals surface area contributed by atoms with Gasteiger partial charge in [0.25, 0.3) is 0 Å². The summed E-state index contributed by atoms with van der Waals surface area (Å²) < 4.78 is 60.8. The van der Waals surface area contributed by atoms with Gasteiger partial charge in [0.2, 0.25) is 11.6 Å². The summed E-state index contributed by atoms with van der Waals surface area (Å²) in [6.07, 6.45) is -1.89. The van der Waals surface area contributed by atoms with Crippen molar-refractivity contribution < 1.29 is 31.6 Å². The molecule has 0 aliphatic rings. The molecule has 0 saturated carbocycles. The van der Waals surface area contributed by atoms with E-state index in [0.29, 0.717) is 5.75 Å². The first-order chi connectivity index (χ1) is 12.3. The van der Waals surface area contributed by atoms with Gasteiger partial charge < -0.3 is 9.26 Å². The molecular weight excluding hydrogens is 358 g/mol. The van der Waals surface area contributed by atoms with Crippen molar-refractivity contribution in [3.05, 3.63) is 60.0 Å². The molecule has 0 spiro atoms. The van der Waals surface area contributed by atoms with Crippen LogP contribution in [0.4, 0.5) is 17.6 Å². The summed E-state index contributed by atoms with van der Waals surface area (Å²) >= 11 is 0. The number of halogens is 4. The second-order valence-electron chi connectivity index (χ2n) is 5.02. The van der Waals surface area contributed by atoms with E-state index in [-0.39, 0.29) is 11.1 Å². The maximum Gasteiger partial charge on any atom is 0.471 e. The van der Waals surface area contributed by atoms with Crippen LogP contribution in [0.1, 0.15) is 16.2 Å². The van der Waals surface area contributed by atoms with E-state index >= 15 is 0 Å². The summed E-state index contributed by atoms with van der Waals surface area (Å²) in [7, 11) is 0. The molecule has 0 radical (unpaired) electrons. The molecule has 10 heteroatoms. The van der Waals surface area contributed by atoms with Gasteiger partial charge in [-0.15, -0.1) is 0 Å². The lowest BCUT2D eigenvalue weighted by molar-refractivity contribution is -0.159. The molecule has 2 aromatic heterocycles. The quantitative estimate of drug-likeness (QED) is 0.507. The van der Waals surface area contributed by atoms with Crippen LogP contribution in [0.25, 0.3) is 11.4 Å². The van der Waals surface area contributed by atoms with E-state index in [0.717, 1.165) is 12.1 Å². The van der Waals surface area contributed by atoms with Crippen LogP contribution >= 0.6 is 0 Å². The van der Waals surface area contributed by atoms with Crippen molar-refractivity contribution >= 4 is 5.78 Å². The molecule has 2 heterocycles. The second kappa shape index (κ2) is 6.90. The van der Waals surface area contributed by atoms with Crippen LogP contribution in [0.15, 0.2) is 47.2 Å². The monoisotopic (exact) mass is 367 g/mol. The van der Waals surface area contributed by atoms with Gasteiger partial charge in [-0.1, -0.05) is 11.2 Å². The molecule has 26 heavy (non-hydrogen) atoms. The number of nitrogens with zero attached hydrogens (tertiary/aromatic N) is 3. The van der Waals surface area contributed by atoms with Gasteiger partial charge in [-0.2, -0.15) is 18.2 Å². The number of ether oxygens (including phenoxy) is 1. The van der Waals surface area contributed by atoms with Gasteiger partial charge in [0, 0.05) is 11.8 Å². The average Bonchev–Trinajstić information content (AvgIpc) is 3.11. The molecular formula is C16H9F4N3O3. The fourth-order valence-electron chi connectivity index (χ4n) is 2.00. The fourth-order valence-corrected chi connectivity index (χ4v) is 2.00. The van der Waals surface area contributed by atoms with Crippen LogP contribution in [-0.4, -0.2) is 27.5 Å². The Hall–Kier alpha value is -3.30. The number of aromatic nitrogens is 3. The summed E-state index contributed by atoms with van der Waals surface area (Å²) in [5.41, 5.74) is -0.344. The van der Waals surface area contributed by atoms with Crippen molar-refractivity contribution in [3.8, 4) is 17.1 Å². The maximum absolute atomic E-state index is 14.2. The summed E-state index contributed by atoms with van der Waals surface area (Å²) in [5, 5.41) is 3.16. The molecule has 6 nitrogen and oxygen atoms in total. The zero-order valence-electron chi connectivity index (χ0n) is 12.8. The molecule has 0 fully saturated rings. The predicted molar refractivity (Wildman–Crippen MR) is 78.8 cm³/mol. The first-order valence-corrected chi connectivity index (χ1v) is 7.11. The second-order valence-corrected chi connectivity index (χ2v) is 5.02. The van der Waals surface area contributed by atoms with Crippen LogP contribution in [-0.2, 0) is 6.18 Å². The summed E-state index contributed by atoms with van der Waals surface area (Å²) in [4.78, 5) is 19.0. The Morgan fingerprint density at radius 2 is 2.04 bits per heavy atom. The molecule has 3 aromatic rings. The summed E-state index contributed by atoms with van der Waals surface area (Å²) in [6.45, 7) is -0.428. The van der Waals surface area contributed by atoms with Crippen LogP contribution in [0.2, 0.25) is 0 Å². The number of pyridine rings is 1. The minimum Gasteiger partial charge on any atom is -0.484 e. The molecule has 0 saturated heterocycles. The molecule has 0 unspecified atom stereocenters. The number of carbonyl (C=O) groups is 1. The van der Waals surface area contributed by atoms with Crippen LogP contribution in [0.5, 0.6) is 5.75 Å². The lowest BCUT2D eigenvalue weighted by Crippen LogP contribution is -2.13. The van der Waals surface area contributed by atoms with Gasteiger partial charge in [-0.25, -0.2) is 4.39 Å². The molecule has 1 aromatic carbocycles. The van der Waals surface area contributed by atoms with E-state index in [1.54, 1.807) is 12.1 Å². The molecule has 0 N–H and O–H groups in total. The van der Waals surface area contributed by atoms with E-state index in [1.165, 1.54) is 18.5 Å². The lowest BCUT2D eigenvalue weighted by atomic mass is 10.1. The number of benzene rings is 1. The van der Waals surface area contributed by atoms with E-state index < -0.39 is 36.1 Å². The highest BCUT2D eigenvalue weighted by molar-refractivity contribution is 5.97. The third kappa shape index (κ3) is 3.85. The summed E-state index contributed by atoms with van der Waals surface area (Å²) in [6, 6.07) is 6.36. The maximum atomic E-state index is 14.2. The molecule has 0 atom stereocenters. The minimum absolute atomic E-state index is 0.0634. The van der Waals surface area contributed by atoms with Crippen molar-refractivity contribution in [2.75, 3.05) is 6.61 Å². The van der Waals surface area contributed by atoms with Crippen molar-refractivity contribution in [1.82, 2.24) is 15.1 Å². The number of rotatable bonds is 5. The SMILES string of the molecule is O=C(COc1cccnc1)c1ccc(-c2noc(C(F)(F)F)n2)cc1F. The number of hydrogen-bond acceptors (Lipinski definition) is 6. The molecule has 3 rings (SSSR count). The number of ketones is 1. The third-order valence-corrected chi connectivity index (χ3v) is 3.20. The zero-order chi connectivity index (χ0) is 18.7. The van der Waals surface area contributed by atoms with Crippen molar-refractivity contribution in [1.29, 1.82) is 0 Å².